The Kier molecular flexibility index (Phi) is 4.92. The molecule has 29 heavy (non-hydrogen) atoms. The molecule has 0 aromatic rings. The van der Waals surface area contributed by atoms with Crippen molar-refractivity contribution in [2.75, 3.05) is 6.61 Å². The summed E-state index contributed by atoms with van der Waals surface area (Å²) in [7, 11) is 0. The summed E-state index contributed by atoms with van der Waals surface area (Å²) < 4.78 is 0. The molecule has 3 saturated carbocycles. The first-order valence-corrected chi connectivity index (χ1v) is 11.0. The molecule has 6 heteroatoms. The molecule has 4 aliphatic carbocycles. The fraction of sp³-hybridized carbons (Fsp3) is 0.783. The number of Topliss-reactive ketones (excluding diaryl/α,β-unsaturated/α-hetero) is 1. The number of rotatable bonds is 4. The number of aliphatic carboxylic acids is 1. The van der Waals surface area contributed by atoms with Crippen molar-refractivity contribution in [3.63, 3.8) is 0 Å². The van der Waals surface area contributed by atoms with E-state index in [9.17, 15) is 14.7 Å². The molecule has 0 spiro atoms. The molecule has 4 aliphatic rings. The van der Waals surface area contributed by atoms with Crippen LogP contribution in [-0.4, -0.2) is 39.9 Å². The fourth-order valence-corrected chi connectivity index (χ4v) is 7.41. The molecule has 0 aromatic heterocycles. The molecule has 0 heterocycles. The zero-order valence-corrected chi connectivity index (χ0v) is 17.7. The van der Waals surface area contributed by atoms with Gasteiger partial charge in [-0.25, -0.2) is 4.79 Å². The van der Waals surface area contributed by atoms with Gasteiger partial charge in [-0.05, 0) is 87.5 Å². The summed E-state index contributed by atoms with van der Waals surface area (Å²) in [4.78, 5) is 27.9. The van der Waals surface area contributed by atoms with E-state index in [4.69, 9.17) is 9.94 Å². The van der Waals surface area contributed by atoms with E-state index in [1.807, 2.05) is 0 Å². The minimum absolute atomic E-state index is 0.0663. The average molecular weight is 404 g/mol. The van der Waals surface area contributed by atoms with Crippen LogP contribution in [-0.2, 0) is 14.4 Å². The summed E-state index contributed by atoms with van der Waals surface area (Å²) >= 11 is 0. The number of hydrogen-bond donors (Lipinski definition) is 2. The Morgan fingerprint density at radius 2 is 1.86 bits per heavy atom. The van der Waals surface area contributed by atoms with E-state index in [-0.39, 0.29) is 16.6 Å². The van der Waals surface area contributed by atoms with Crippen molar-refractivity contribution in [3.8, 4) is 0 Å². The van der Waals surface area contributed by atoms with Gasteiger partial charge >= 0.3 is 5.97 Å². The van der Waals surface area contributed by atoms with Gasteiger partial charge in [-0.15, -0.1) is 0 Å². The number of fused-ring (bicyclic) bond motifs is 5. The van der Waals surface area contributed by atoms with Gasteiger partial charge in [0.1, 0.15) is 5.60 Å². The lowest BCUT2D eigenvalue weighted by molar-refractivity contribution is -0.159. The normalized spacial score (nSPS) is 45.0. The third kappa shape index (κ3) is 2.97. The van der Waals surface area contributed by atoms with Crippen LogP contribution in [0.3, 0.4) is 0 Å². The number of carboxylic acids is 1. The Hall–Kier alpha value is -1.69. The molecule has 0 unspecified atom stereocenters. The number of carboxylic acid groups (broad SMARTS) is 1. The monoisotopic (exact) mass is 403 g/mol. The van der Waals surface area contributed by atoms with Crippen molar-refractivity contribution in [2.24, 2.45) is 33.7 Å². The maximum absolute atomic E-state index is 12.3. The molecule has 0 aliphatic heterocycles. The third-order valence-corrected chi connectivity index (χ3v) is 9.08. The summed E-state index contributed by atoms with van der Waals surface area (Å²) in [6.07, 6.45) is 9.50. The van der Waals surface area contributed by atoms with Crippen LogP contribution in [0.5, 0.6) is 0 Å². The predicted octanol–water partition coefficient (Wildman–Crippen LogP) is 3.73. The maximum atomic E-state index is 12.3. The Labute approximate surface area is 172 Å². The van der Waals surface area contributed by atoms with E-state index in [1.54, 1.807) is 6.92 Å². The van der Waals surface area contributed by atoms with Crippen LogP contribution < -0.4 is 0 Å². The second-order valence-corrected chi connectivity index (χ2v) is 10.2. The van der Waals surface area contributed by atoms with Gasteiger partial charge in [0.2, 0.25) is 6.61 Å². The van der Waals surface area contributed by atoms with E-state index < -0.39 is 18.2 Å². The molecule has 4 rings (SSSR count). The number of carbonyl (C=O) groups excluding carboxylic acids is 1. The van der Waals surface area contributed by atoms with Gasteiger partial charge in [-0.3, -0.25) is 4.79 Å². The lowest BCUT2D eigenvalue weighted by Gasteiger charge is -2.59. The molecule has 6 nitrogen and oxygen atoms in total. The Bertz CT molecular complexity index is 788. The Morgan fingerprint density at radius 1 is 1.14 bits per heavy atom. The van der Waals surface area contributed by atoms with Crippen LogP contribution in [0.2, 0.25) is 0 Å². The number of hydrogen-bond acceptors (Lipinski definition) is 5. The van der Waals surface area contributed by atoms with Gasteiger partial charge in [0, 0.05) is 5.41 Å². The first-order valence-electron chi connectivity index (χ1n) is 11.0. The van der Waals surface area contributed by atoms with Crippen LogP contribution in [0.15, 0.2) is 16.8 Å². The Morgan fingerprint density at radius 3 is 2.55 bits per heavy atom. The zero-order valence-electron chi connectivity index (χ0n) is 17.7. The van der Waals surface area contributed by atoms with E-state index in [0.29, 0.717) is 24.2 Å². The van der Waals surface area contributed by atoms with E-state index >= 15 is 0 Å². The van der Waals surface area contributed by atoms with Crippen molar-refractivity contribution in [1.29, 1.82) is 0 Å². The largest absolute Gasteiger partial charge is 0.479 e. The van der Waals surface area contributed by atoms with Gasteiger partial charge in [0.05, 0.1) is 5.71 Å². The topological polar surface area (TPSA) is 96.2 Å². The van der Waals surface area contributed by atoms with E-state index in [0.717, 1.165) is 50.7 Å². The number of carbonyl (C=O) groups is 2. The summed E-state index contributed by atoms with van der Waals surface area (Å²) in [6, 6.07) is 0. The highest BCUT2D eigenvalue weighted by molar-refractivity contribution is 5.96. The van der Waals surface area contributed by atoms with E-state index in [1.165, 1.54) is 5.57 Å². The number of allylic oxidation sites excluding steroid dienone is 2. The van der Waals surface area contributed by atoms with Gasteiger partial charge in [0.15, 0.2) is 5.78 Å². The van der Waals surface area contributed by atoms with Crippen LogP contribution in [0.4, 0.5) is 0 Å². The quantitative estimate of drug-likeness (QED) is 0.697. The van der Waals surface area contributed by atoms with Crippen LogP contribution >= 0.6 is 0 Å². The van der Waals surface area contributed by atoms with Crippen molar-refractivity contribution >= 4 is 17.5 Å². The molecule has 0 saturated heterocycles. The molecule has 0 radical (unpaired) electrons. The standard InChI is InChI=1S/C23H33NO5/c1-14(25)23(28)11-8-19-17-5-4-15-12-16(24-29-13-20(26)27)6-9-21(15,2)18(17)7-10-22(19,23)3/h12,17-19,28H,4-11,13H2,1-3H3,(H,26,27)/b24-16+/t17-,18+,19+,21-,22-,23-/m0/s1. The fourth-order valence-electron chi connectivity index (χ4n) is 7.41. The third-order valence-electron chi connectivity index (χ3n) is 9.08. The Balaban J connectivity index is 1.57. The first kappa shape index (κ1) is 20.6. The smallest absolute Gasteiger partial charge is 0.344 e. The van der Waals surface area contributed by atoms with Gasteiger partial charge in [-0.2, -0.15) is 0 Å². The molecule has 3 fully saturated rings. The maximum Gasteiger partial charge on any atom is 0.344 e. The molecule has 2 N–H and O–H groups in total. The minimum atomic E-state index is -1.16. The zero-order chi connectivity index (χ0) is 21.0. The van der Waals surface area contributed by atoms with Gasteiger partial charge < -0.3 is 15.1 Å². The van der Waals surface area contributed by atoms with Gasteiger partial charge in [0.25, 0.3) is 0 Å². The predicted molar refractivity (Wildman–Crippen MR) is 108 cm³/mol. The first-order chi connectivity index (χ1) is 13.6. The number of ketones is 1. The second kappa shape index (κ2) is 6.93. The summed E-state index contributed by atoms with van der Waals surface area (Å²) in [5, 5.41) is 24.0. The highest BCUT2D eigenvalue weighted by Gasteiger charge is 2.65. The minimum Gasteiger partial charge on any atom is -0.479 e. The SMILES string of the molecule is CC(=O)[C@@]1(O)CC[C@@H]2[C@H]3CCC4=C/C(=N/OCC(=O)O)CC[C@]4(C)[C@@H]3CC[C@@]21C. The van der Waals surface area contributed by atoms with Crippen molar-refractivity contribution in [3.05, 3.63) is 11.6 Å². The average Bonchev–Trinajstić information content (AvgIpc) is 2.94. The molecule has 160 valence electrons. The van der Waals surface area contributed by atoms with Gasteiger partial charge in [-0.1, -0.05) is 24.6 Å². The summed E-state index contributed by atoms with van der Waals surface area (Å²) in [6.45, 7) is 5.67. The molecule has 0 bridgehead atoms. The van der Waals surface area contributed by atoms with Crippen molar-refractivity contribution < 1.29 is 24.6 Å². The number of nitrogens with zero attached hydrogens (tertiary/aromatic N) is 1. The molecule has 6 atom stereocenters. The number of oxime groups is 1. The highest BCUT2D eigenvalue weighted by atomic mass is 16.6. The molecular formula is C23H33NO5. The van der Waals surface area contributed by atoms with Crippen LogP contribution in [0.25, 0.3) is 0 Å². The highest BCUT2D eigenvalue weighted by Crippen LogP contribution is 2.67. The summed E-state index contributed by atoms with van der Waals surface area (Å²) in [5.41, 5.74) is 0.903. The summed E-state index contributed by atoms with van der Waals surface area (Å²) in [5.74, 6) is 0.434. The van der Waals surface area contributed by atoms with Crippen LogP contribution in [0.1, 0.15) is 72.1 Å². The lowest BCUT2D eigenvalue weighted by Crippen LogP contribution is -2.57. The molecular weight excluding hydrogens is 370 g/mol. The molecule has 0 aromatic carbocycles. The van der Waals surface area contributed by atoms with Crippen molar-refractivity contribution in [1.82, 2.24) is 0 Å². The number of aliphatic hydroxyl groups is 1. The van der Waals surface area contributed by atoms with Crippen LogP contribution in [0, 0.1) is 28.6 Å². The van der Waals surface area contributed by atoms with Crippen molar-refractivity contribution in [2.45, 2.75) is 77.7 Å². The lowest BCUT2D eigenvalue weighted by atomic mass is 9.46. The second-order valence-electron chi connectivity index (χ2n) is 10.2. The van der Waals surface area contributed by atoms with E-state index in [2.05, 4.69) is 25.1 Å². The molecule has 0 amide bonds.